The summed E-state index contributed by atoms with van der Waals surface area (Å²) in [7, 11) is 0. The van der Waals surface area contributed by atoms with Crippen LogP contribution in [0.2, 0.25) is 0 Å². The zero-order valence-electron chi connectivity index (χ0n) is 4.98. The fraction of sp³-hybridized carbons (Fsp3) is 0.250. The molecule has 30 valence electrons. The summed E-state index contributed by atoms with van der Waals surface area (Å²) in [5, 5.41) is 0. The normalized spacial score (nSPS) is 8.33. The zero-order valence-corrected chi connectivity index (χ0v) is 4.79. The van der Waals surface area contributed by atoms with Crippen LogP contribution >= 0.6 is 11.8 Å². The summed E-state index contributed by atoms with van der Waals surface area (Å²) in [5.41, 5.74) is 0. The first-order chi connectivity index (χ1) is 2.91. The summed E-state index contributed by atoms with van der Waals surface area (Å²) in [6.45, 7) is 3.47. The van der Waals surface area contributed by atoms with E-state index in [1.54, 1.807) is 6.08 Å². The van der Waals surface area contributed by atoms with Gasteiger partial charge in [0.05, 0.1) is 0 Å². The molecule has 0 amide bonds. The quantitative estimate of drug-likeness (QED) is 0.182. The van der Waals surface area contributed by atoms with Crippen molar-refractivity contribution in [3.05, 3.63) is 18.9 Å². The summed E-state index contributed by atoms with van der Waals surface area (Å²) >= 11 is 1.43. The first-order valence-corrected chi connectivity index (χ1v) is 2.39. The van der Waals surface area contributed by atoms with E-state index in [1.807, 2.05) is 0 Å². The Labute approximate surface area is 57.0 Å². The number of thioether (sulfide) groups is 1. The van der Waals surface area contributed by atoms with E-state index in [0.29, 0.717) is 0 Å². The van der Waals surface area contributed by atoms with Crippen molar-refractivity contribution < 1.29 is 20.2 Å². The summed E-state index contributed by atoms with van der Waals surface area (Å²) < 4.78 is 6.50. The molecule has 0 aliphatic carbocycles. The van der Waals surface area contributed by atoms with Gasteiger partial charge in [-0.3, -0.25) is 6.23 Å². The maximum atomic E-state index is 6.50. The Bertz CT molecular complexity index is 40.7. The van der Waals surface area contributed by atoms with Crippen LogP contribution in [0.15, 0.2) is 12.7 Å². The van der Waals surface area contributed by atoms with Crippen LogP contribution < -0.4 is 18.9 Å². The minimum absolute atomic E-state index is 0. The molecule has 0 radical (unpaired) electrons. The molecule has 0 aromatic heterocycles. The summed E-state index contributed by atoms with van der Waals surface area (Å²) in [6.07, 6.45) is 3.08. The molecular formula is C4H7LiS. The van der Waals surface area contributed by atoms with E-state index < -0.39 is 0 Å². The first-order valence-electron chi connectivity index (χ1n) is 1.92. The molecule has 0 saturated heterocycles. The van der Waals surface area contributed by atoms with E-state index in [0.717, 1.165) is 5.75 Å². The molecule has 0 rings (SSSR count). The molecular weight excluding hydrogens is 87.1 g/mol. The number of rotatable bonds is 3. The van der Waals surface area contributed by atoms with Gasteiger partial charge in [0.25, 0.3) is 0 Å². The smallest absolute Gasteiger partial charge is 0.350 e. The van der Waals surface area contributed by atoms with Gasteiger partial charge in [0.15, 0.2) is 0 Å². The van der Waals surface area contributed by atoms with Gasteiger partial charge in [0, 0.05) is 0 Å². The van der Waals surface area contributed by atoms with Crippen LogP contribution in [0.4, 0.5) is 0 Å². The molecule has 6 heavy (non-hydrogen) atoms. The Kier molecular flexibility index (Phi) is 10.2. The largest absolute Gasteiger partial charge is 1.00 e. The molecule has 0 nitrogen and oxygen atoms in total. The fourth-order valence-corrected chi connectivity index (χ4v) is 0.204. The second-order valence-corrected chi connectivity index (χ2v) is 1.29. The van der Waals surface area contributed by atoms with E-state index in [-0.39, 0.29) is 18.9 Å². The molecule has 0 heterocycles. The van der Waals surface area contributed by atoms with Gasteiger partial charge in [-0.1, -0.05) is 6.08 Å². The summed E-state index contributed by atoms with van der Waals surface area (Å²) in [6, 6.07) is 0. The molecule has 0 fully saturated rings. The average molecular weight is 95.1 g/mol. The van der Waals surface area contributed by atoms with Crippen LogP contribution in [0.3, 0.4) is 0 Å². The van der Waals surface area contributed by atoms with Crippen molar-refractivity contribution >= 4 is 11.8 Å². The van der Waals surface area contributed by atoms with Crippen molar-refractivity contribution in [3.63, 3.8) is 0 Å². The van der Waals surface area contributed by atoms with Gasteiger partial charge in [-0.15, -0.1) is 6.58 Å². The van der Waals surface area contributed by atoms with Gasteiger partial charge in [-0.05, 0) is 5.75 Å². The Morgan fingerprint density at radius 2 is 2.83 bits per heavy atom. The first kappa shape index (κ1) is 6.69. The maximum Gasteiger partial charge on any atom is 1.00 e. The van der Waals surface area contributed by atoms with Gasteiger partial charge >= 0.3 is 18.9 Å². The van der Waals surface area contributed by atoms with Crippen LogP contribution in [-0.4, -0.2) is 5.75 Å². The van der Waals surface area contributed by atoms with E-state index in [1.165, 1.54) is 18.0 Å². The zero-order chi connectivity index (χ0) is 4.83. The third-order valence-corrected chi connectivity index (χ3v) is 0.642. The van der Waals surface area contributed by atoms with E-state index in [4.69, 9.17) is 1.37 Å². The fourth-order valence-electron chi connectivity index (χ4n) is 0.0680. The topological polar surface area (TPSA) is 0 Å². The van der Waals surface area contributed by atoms with Gasteiger partial charge < -0.3 is 11.8 Å². The van der Waals surface area contributed by atoms with Crippen LogP contribution in [0.25, 0.3) is 0 Å². The van der Waals surface area contributed by atoms with Crippen LogP contribution in [-0.2, 0) is 0 Å². The monoisotopic (exact) mass is 95.0 g/mol. The predicted molar refractivity (Wildman–Crippen MR) is 28.0 cm³/mol. The van der Waals surface area contributed by atoms with Crippen LogP contribution in [0, 0.1) is 6.23 Å². The molecule has 0 spiro atoms. The Hall–Kier alpha value is 0.687. The van der Waals surface area contributed by atoms with Crippen LogP contribution in [0.5, 0.6) is 0 Å². The number of hydrogen-bond donors (Lipinski definition) is 0. The molecule has 0 unspecified atom stereocenters. The van der Waals surface area contributed by atoms with Crippen molar-refractivity contribution in [3.8, 4) is 0 Å². The Balaban J connectivity index is 0. The standard InChI is InChI=1S/C4H7S.Li/c1-3-4-5-2;/h3H,1-2,4H2;/q-1;+1/i2D;. The molecule has 2 heteroatoms. The molecule has 0 saturated carbocycles. The Morgan fingerprint density at radius 1 is 2.17 bits per heavy atom. The molecule has 0 N–H and O–H groups in total. The van der Waals surface area contributed by atoms with Crippen molar-refractivity contribution in [2.24, 2.45) is 0 Å². The van der Waals surface area contributed by atoms with Gasteiger partial charge in [-0.2, -0.15) is 1.37 Å². The van der Waals surface area contributed by atoms with E-state index >= 15 is 0 Å². The molecule has 0 atom stereocenters. The second-order valence-electron chi connectivity index (χ2n) is 0.622. The van der Waals surface area contributed by atoms with Gasteiger partial charge in [0.2, 0.25) is 0 Å². The number of hydrogen-bond acceptors (Lipinski definition) is 1. The average Bonchev–Trinajstić information content (AvgIpc) is 1.61. The van der Waals surface area contributed by atoms with Gasteiger partial charge in [-0.25, -0.2) is 0 Å². The molecule has 0 aliphatic rings. The molecule has 0 bridgehead atoms. The molecule has 0 aliphatic heterocycles. The summed E-state index contributed by atoms with van der Waals surface area (Å²) in [5.74, 6) is 0.851. The maximum absolute atomic E-state index is 6.50. The van der Waals surface area contributed by atoms with E-state index in [9.17, 15) is 0 Å². The minimum atomic E-state index is 0. The van der Waals surface area contributed by atoms with Crippen molar-refractivity contribution in [2.75, 3.05) is 5.75 Å². The predicted octanol–water partition coefficient (Wildman–Crippen LogP) is -1.30. The minimum Gasteiger partial charge on any atom is -0.350 e. The van der Waals surface area contributed by atoms with Crippen molar-refractivity contribution in [2.45, 2.75) is 0 Å². The van der Waals surface area contributed by atoms with E-state index in [2.05, 4.69) is 6.58 Å². The van der Waals surface area contributed by atoms with Crippen LogP contribution in [0.1, 0.15) is 1.37 Å². The van der Waals surface area contributed by atoms with Crippen molar-refractivity contribution in [1.82, 2.24) is 0 Å². The SMILES string of the molecule is [2H][CH-]SCC=C.[Li+]. The second kappa shape index (κ2) is 9.19. The third kappa shape index (κ3) is 8.82. The molecule has 0 aromatic carbocycles. The van der Waals surface area contributed by atoms with Gasteiger partial charge in [0.1, 0.15) is 0 Å². The summed E-state index contributed by atoms with van der Waals surface area (Å²) in [4.78, 5) is 0. The Morgan fingerprint density at radius 3 is 3.00 bits per heavy atom. The third-order valence-electron chi connectivity index (χ3n) is 0.214. The molecule has 0 aromatic rings. The van der Waals surface area contributed by atoms with Crippen molar-refractivity contribution in [1.29, 1.82) is 0 Å².